The van der Waals surface area contributed by atoms with E-state index in [-0.39, 0.29) is 13.2 Å². The highest BCUT2D eigenvalue weighted by Gasteiger charge is 2.28. The molecule has 0 fully saturated rings. The Labute approximate surface area is 104 Å². The van der Waals surface area contributed by atoms with Crippen LogP contribution in [-0.2, 0) is 19.1 Å². The van der Waals surface area contributed by atoms with E-state index in [1.807, 2.05) is 0 Å². The predicted octanol–water partition coefficient (Wildman–Crippen LogP) is -1.78. The Hall–Kier alpha value is -1.67. The lowest BCUT2D eigenvalue weighted by Crippen LogP contribution is -2.51. The first-order chi connectivity index (χ1) is 8.19. The van der Waals surface area contributed by atoms with E-state index in [4.69, 9.17) is 10.8 Å². The molecule has 0 saturated heterocycles. The number of carbonyl (C=O) groups is 3. The number of carbonyl (C=O) groups excluding carboxylic acids is 2. The number of aliphatic hydroxyl groups is 1. The monoisotopic (exact) mass is 262 g/mol. The highest BCUT2D eigenvalue weighted by molar-refractivity contribution is 6.01. The highest BCUT2D eigenvalue weighted by atomic mass is 16.5. The minimum Gasteiger partial charge on any atom is -0.481 e. The third-order valence-corrected chi connectivity index (χ3v) is 2.00. The van der Waals surface area contributed by atoms with Crippen molar-refractivity contribution < 1.29 is 29.3 Å². The number of nitrogens with one attached hydrogen (secondary N) is 1. The second kappa shape index (κ2) is 6.92. The van der Waals surface area contributed by atoms with Gasteiger partial charge in [-0.2, -0.15) is 0 Å². The standard InChI is InChI=1S/C10H18N2O6/c1-3-18-9(16)7(11)8(15)12-5-10(2,17)4-6(13)14/h7,17H,3-5,11H2,1-2H3,(H,12,15)(H,13,14). The highest BCUT2D eigenvalue weighted by Crippen LogP contribution is 2.07. The molecule has 0 aliphatic rings. The van der Waals surface area contributed by atoms with Crippen LogP contribution in [0.3, 0.4) is 0 Å². The molecule has 8 heteroatoms. The molecule has 5 N–H and O–H groups in total. The molecule has 0 aliphatic carbocycles. The molecule has 0 aromatic carbocycles. The molecule has 0 spiro atoms. The van der Waals surface area contributed by atoms with E-state index < -0.39 is 35.9 Å². The second-order valence-electron chi connectivity index (χ2n) is 4.01. The summed E-state index contributed by atoms with van der Waals surface area (Å²) in [4.78, 5) is 32.9. The average Bonchev–Trinajstić information content (AvgIpc) is 2.23. The number of carboxylic acids is 1. The van der Waals surface area contributed by atoms with Gasteiger partial charge in [-0.05, 0) is 13.8 Å². The molecule has 1 amide bonds. The van der Waals surface area contributed by atoms with Crippen LogP contribution in [0.1, 0.15) is 20.3 Å². The van der Waals surface area contributed by atoms with Crippen LogP contribution in [0, 0.1) is 0 Å². The van der Waals surface area contributed by atoms with Gasteiger partial charge in [0.1, 0.15) is 0 Å². The summed E-state index contributed by atoms with van der Waals surface area (Å²) < 4.78 is 4.54. The summed E-state index contributed by atoms with van der Waals surface area (Å²) in [5.74, 6) is -2.92. The number of carboxylic acid groups (broad SMARTS) is 1. The Kier molecular flexibility index (Phi) is 6.28. The summed E-state index contributed by atoms with van der Waals surface area (Å²) in [5.41, 5.74) is 3.68. The van der Waals surface area contributed by atoms with E-state index in [0.717, 1.165) is 0 Å². The first-order valence-corrected chi connectivity index (χ1v) is 5.33. The van der Waals surface area contributed by atoms with Crippen molar-refractivity contribution >= 4 is 17.8 Å². The van der Waals surface area contributed by atoms with Crippen LogP contribution in [0.4, 0.5) is 0 Å². The van der Waals surface area contributed by atoms with Gasteiger partial charge in [-0.25, -0.2) is 4.79 Å². The van der Waals surface area contributed by atoms with Crippen LogP contribution < -0.4 is 11.1 Å². The molecule has 0 bridgehead atoms. The van der Waals surface area contributed by atoms with Crippen molar-refractivity contribution in [3.05, 3.63) is 0 Å². The fourth-order valence-corrected chi connectivity index (χ4v) is 1.11. The quantitative estimate of drug-likeness (QED) is 0.314. The van der Waals surface area contributed by atoms with Gasteiger partial charge in [-0.1, -0.05) is 0 Å². The van der Waals surface area contributed by atoms with Gasteiger partial charge in [0, 0.05) is 6.54 Å². The first-order valence-electron chi connectivity index (χ1n) is 5.33. The number of rotatable bonds is 7. The number of ether oxygens (including phenoxy) is 1. The third kappa shape index (κ3) is 6.16. The predicted molar refractivity (Wildman–Crippen MR) is 60.5 cm³/mol. The van der Waals surface area contributed by atoms with Gasteiger partial charge in [-0.15, -0.1) is 0 Å². The maximum atomic E-state index is 11.4. The van der Waals surface area contributed by atoms with Gasteiger partial charge in [-0.3, -0.25) is 9.59 Å². The van der Waals surface area contributed by atoms with Crippen LogP contribution in [0.15, 0.2) is 0 Å². The van der Waals surface area contributed by atoms with Crippen LogP contribution >= 0.6 is 0 Å². The van der Waals surface area contributed by atoms with Crippen molar-refractivity contribution in [3.8, 4) is 0 Å². The van der Waals surface area contributed by atoms with Crippen LogP contribution in [0.25, 0.3) is 0 Å². The summed E-state index contributed by atoms with van der Waals surface area (Å²) in [6.07, 6.45) is -0.540. The van der Waals surface area contributed by atoms with Gasteiger partial charge in [0.15, 0.2) is 6.04 Å². The summed E-state index contributed by atoms with van der Waals surface area (Å²) >= 11 is 0. The number of amides is 1. The SMILES string of the molecule is CCOC(=O)C(N)C(=O)NCC(C)(O)CC(=O)O. The van der Waals surface area contributed by atoms with E-state index in [1.54, 1.807) is 6.92 Å². The topological polar surface area (TPSA) is 139 Å². The maximum Gasteiger partial charge on any atom is 0.332 e. The number of nitrogens with two attached hydrogens (primary N) is 1. The molecule has 8 nitrogen and oxygen atoms in total. The van der Waals surface area contributed by atoms with Gasteiger partial charge >= 0.3 is 11.9 Å². The molecule has 2 atom stereocenters. The molecule has 18 heavy (non-hydrogen) atoms. The molecule has 104 valence electrons. The lowest BCUT2D eigenvalue weighted by Gasteiger charge is -2.22. The molecule has 0 aliphatic heterocycles. The van der Waals surface area contributed by atoms with Crippen molar-refractivity contribution in [1.82, 2.24) is 5.32 Å². The molecule has 0 aromatic rings. The zero-order chi connectivity index (χ0) is 14.3. The van der Waals surface area contributed by atoms with E-state index >= 15 is 0 Å². The van der Waals surface area contributed by atoms with Gasteiger partial charge in [0.25, 0.3) is 0 Å². The summed E-state index contributed by atoms with van der Waals surface area (Å²) in [6, 6.07) is -1.49. The number of aliphatic carboxylic acids is 1. The molecule has 0 radical (unpaired) electrons. The van der Waals surface area contributed by atoms with E-state index in [1.165, 1.54) is 6.92 Å². The zero-order valence-corrected chi connectivity index (χ0v) is 10.3. The third-order valence-electron chi connectivity index (χ3n) is 2.00. The van der Waals surface area contributed by atoms with Gasteiger partial charge in [0.2, 0.25) is 5.91 Å². The van der Waals surface area contributed by atoms with Crippen molar-refractivity contribution in [2.45, 2.75) is 31.9 Å². The Morgan fingerprint density at radius 3 is 2.44 bits per heavy atom. The first kappa shape index (κ1) is 16.3. The van der Waals surface area contributed by atoms with Crippen molar-refractivity contribution in [1.29, 1.82) is 0 Å². The Morgan fingerprint density at radius 1 is 1.44 bits per heavy atom. The van der Waals surface area contributed by atoms with Crippen molar-refractivity contribution in [2.24, 2.45) is 5.73 Å². The molecule has 0 aromatic heterocycles. The van der Waals surface area contributed by atoms with Gasteiger partial charge in [0.05, 0.1) is 18.6 Å². The lowest BCUT2D eigenvalue weighted by molar-refractivity contribution is -0.149. The minimum absolute atomic E-state index is 0.0938. The Balaban J connectivity index is 4.25. The van der Waals surface area contributed by atoms with Crippen LogP contribution in [0.2, 0.25) is 0 Å². The van der Waals surface area contributed by atoms with Crippen molar-refractivity contribution in [2.75, 3.05) is 13.2 Å². The molecule has 0 heterocycles. The van der Waals surface area contributed by atoms with Crippen LogP contribution in [0.5, 0.6) is 0 Å². The fourth-order valence-electron chi connectivity index (χ4n) is 1.11. The van der Waals surface area contributed by atoms with Crippen LogP contribution in [-0.4, -0.2) is 52.9 Å². The molecule has 0 saturated carbocycles. The summed E-state index contributed by atoms with van der Waals surface area (Å²) in [7, 11) is 0. The maximum absolute atomic E-state index is 11.4. The van der Waals surface area contributed by atoms with E-state index in [2.05, 4.69) is 10.1 Å². The number of hydrogen-bond acceptors (Lipinski definition) is 6. The zero-order valence-electron chi connectivity index (χ0n) is 10.3. The van der Waals surface area contributed by atoms with Gasteiger partial charge < -0.3 is 26.0 Å². The summed E-state index contributed by atoms with van der Waals surface area (Å²) in [6.45, 7) is 2.58. The smallest absolute Gasteiger partial charge is 0.332 e. The number of esters is 1. The van der Waals surface area contributed by atoms with Crippen molar-refractivity contribution in [3.63, 3.8) is 0 Å². The number of hydrogen-bond donors (Lipinski definition) is 4. The second-order valence-corrected chi connectivity index (χ2v) is 4.01. The molecule has 2 unspecified atom stereocenters. The fraction of sp³-hybridized carbons (Fsp3) is 0.700. The normalized spacial score (nSPS) is 15.3. The molecule has 0 rings (SSSR count). The largest absolute Gasteiger partial charge is 0.481 e. The van der Waals surface area contributed by atoms with E-state index in [0.29, 0.717) is 0 Å². The lowest BCUT2D eigenvalue weighted by atomic mass is 10.0. The summed E-state index contributed by atoms with van der Waals surface area (Å²) in [5, 5.41) is 20.3. The molecular weight excluding hydrogens is 244 g/mol. The average molecular weight is 262 g/mol. The Morgan fingerprint density at radius 2 is 2.00 bits per heavy atom. The minimum atomic E-state index is -1.62. The molecular formula is C10H18N2O6. The van der Waals surface area contributed by atoms with E-state index in [9.17, 15) is 19.5 Å². The Bertz CT molecular complexity index is 328.